The first-order valence-corrected chi connectivity index (χ1v) is 5.92. The number of carbonyl (C=O) groups excluding carboxylic acids is 1. The van der Waals surface area contributed by atoms with Crippen LogP contribution in [-0.2, 0) is 37.5 Å². The van der Waals surface area contributed by atoms with E-state index in [9.17, 15) is 4.79 Å². The van der Waals surface area contributed by atoms with Gasteiger partial charge in [0, 0.05) is 51.2 Å². The van der Waals surface area contributed by atoms with E-state index < -0.39 is 0 Å². The van der Waals surface area contributed by atoms with E-state index in [2.05, 4.69) is 23.9 Å². The topological polar surface area (TPSA) is 38.3 Å². The molecule has 1 heterocycles. The van der Waals surface area contributed by atoms with Gasteiger partial charge in [-0.25, -0.2) is 6.08 Å². The van der Waals surface area contributed by atoms with Gasteiger partial charge >= 0.3 is 5.97 Å². The summed E-state index contributed by atoms with van der Waals surface area (Å²) in [6, 6.07) is 7.19. The summed E-state index contributed by atoms with van der Waals surface area (Å²) in [6.07, 6.45) is 9.27. The molecule has 99 valence electrons. The van der Waals surface area contributed by atoms with Gasteiger partial charge < -0.3 is 10.1 Å². The quantitative estimate of drug-likeness (QED) is 0.389. The summed E-state index contributed by atoms with van der Waals surface area (Å²) < 4.78 is 4.98. The van der Waals surface area contributed by atoms with Gasteiger partial charge in [0.25, 0.3) is 0 Å². The summed E-state index contributed by atoms with van der Waals surface area (Å²) in [6.45, 7) is 5.29. The molecule has 2 rings (SSSR count). The summed E-state index contributed by atoms with van der Waals surface area (Å²) in [4.78, 5) is 10.8. The molecule has 0 saturated carbocycles. The van der Waals surface area contributed by atoms with Crippen LogP contribution in [0.4, 0.5) is 0 Å². The Balaban J connectivity index is 0.00000200. The molecule has 1 aliphatic heterocycles. The summed E-state index contributed by atoms with van der Waals surface area (Å²) >= 11 is 0. The Morgan fingerprint density at radius 2 is 2.15 bits per heavy atom. The second-order valence-corrected chi connectivity index (χ2v) is 4.24. The van der Waals surface area contributed by atoms with Gasteiger partial charge in [-0.1, -0.05) is 18.9 Å². The van der Waals surface area contributed by atoms with E-state index in [4.69, 9.17) is 11.2 Å². The van der Waals surface area contributed by atoms with Crippen LogP contribution in [0.3, 0.4) is 0 Å². The molecule has 0 aromatic heterocycles. The first-order valence-electron chi connectivity index (χ1n) is 5.92. The number of hydrogen-bond donors (Lipinski definition) is 1. The zero-order chi connectivity index (χ0) is 13.8. The fraction of sp³-hybridized carbons (Fsp3) is 0.188. The Morgan fingerprint density at radius 1 is 1.50 bits per heavy atom. The number of ether oxygens (including phenoxy) is 1. The maximum atomic E-state index is 10.8. The second kappa shape index (κ2) is 7.43. The molecule has 1 unspecified atom stereocenters. The van der Waals surface area contributed by atoms with Gasteiger partial charge in [0.05, 0.1) is 0 Å². The standard InChI is InChI=1S/C16H14NO2.Y/c1-4-13-7-10-16(17-11(13)2)14-5-8-15(9-6-14)19-12(3)18;/h1,5-6,8-9,13,17H,2,7H2,3H3;/q-1;. The Morgan fingerprint density at radius 3 is 2.65 bits per heavy atom. The van der Waals surface area contributed by atoms with Crippen molar-refractivity contribution in [2.75, 3.05) is 0 Å². The van der Waals surface area contributed by atoms with Crippen LogP contribution in [0.1, 0.15) is 18.9 Å². The first kappa shape index (κ1) is 16.7. The van der Waals surface area contributed by atoms with Gasteiger partial charge in [0.1, 0.15) is 5.75 Å². The van der Waals surface area contributed by atoms with Crippen LogP contribution in [-0.4, -0.2) is 5.97 Å². The van der Waals surface area contributed by atoms with Crippen molar-refractivity contribution in [1.82, 2.24) is 5.32 Å². The van der Waals surface area contributed by atoms with Crippen molar-refractivity contribution in [2.24, 2.45) is 5.92 Å². The van der Waals surface area contributed by atoms with Crippen molar-refractivity contribution in [2.45, 2.75) is 13.3 Å². The zero-order valence-corrected chi connectivity index (χ0v) is 14.1. The van der Waals surface area contributed by atoms with Gasteiger partial charge in [-0.3, -0.25) is 4.79 Å². The van der Waals surface area contributed by atoms with Crippen molar-refractivity contribution in [3.05, 3.63) is 48.2 Å². The molecule has 1 aromatic rings. The fourth-order valence-corrected chi connectivity index (χ4v) is 1.81. The Kier molecular flexibility index (Phi) is 6.20. The molecule has 3 nitrogen and oxygen atoms in total. The average Bonchev–Trinajstić information content (AvgIpc) is 2.39. The van der Waals surface area contributed by atoms with Crippen molar-refractivity contribution in [1.29, 1.82) is 0 Å². The van der Waals surface area contributed by atoms with Crippen LogP contribution in [0.25, 0.3) is 5.70 Å². The van der Waals surface area contributed by atoms with Gasteiger partial charge in [-0.05, 0) is 12.1 Å². The SMILES string of the molecule is C#CC1C[C-]=C(c2ccc(OC(C)=O)cc2)NC1=C.[Y]. The number of esters is 1. The maximum absolute atomic E-state index is 10.8. The largest absolute Gasteiger partial charge is 0.427 e. The molecule has 1 radical (unpaired) electrons. The van der Waals surface area contributed by atoms with Crippen molar-refractivity contribution in [3.8, 4) is 18.1 Å². The number of rotatable bonds is 2. The molecule has 0 fully saturated rings. The summed E-state index contributed by atoms with van der Waals surface area (Å²) in [5.41, 5.74) is 2.61. The van der Waals surface area contributed by atoms with Crippen molar-refractivity contribution in [3.63, 3.8) is 0 Å². The van der Waals surface area contributed by atoms with E-state index in [0.717, 1.165) is 17.0 Å². The van der Waals surface area contributed by atoms with E-state index in [1.165, 1.54) is 6.92 Å². The predicted molar refractivity (Wildman–Crippen MR) is 73.6 cm³/mol. The first-order chi connectivity index (χ1) is 9.10. The Bertz CT molecular complexity index is 581. The average molecular weight is 341 g/mol. The molecule has 4 heteroatoms. The molecule has 1 aliphatic rings. The monoisotopic (exact) mass is 341 g/mol. The molecular weight excluding hydrogens is 327 g/mol. The molecule has 1 atom stereocenters. The number of terminal acetylenes is 1. The third-order valence-corrected chi connectivity index (χ3v) is 2.79. The third-order valence-electron chi connectivity index (χ3n) is 2.79. The minimum atomic E-state index is -0.334. The van der Waals surface area contributed by atoms with Crippen LogP contribution >= 0.6 is 0 Å². The van der Waals surface area contributed by atoms with E-state index >= 15 is 0 Å². The normalized spacial score (nSPS) is 17.1. The summed E-state index contributed by atoms with van der Waals surface area (Å²) in [5, 5.41) is 3.15. The summed E-state index contributed by atoms with van der Waals surface area (Å²) in [5.74, 6) is 2.84. The van der Waals surface area contributed by atoms with Crippen molar-refractivity contribution >= 4 is 11.7 Å². The zero-order valence-electron chi connectivity index (χ0n) is 11.3. The van der Waals surface area contributed by atoms with E-state index in [1.54, 1.807) is 12.1 Å². The molecule has 1 N–H and O–H groups in total. The van der Waals surface area contributed by atoms with E-state index in [1.807, 2.05) is 12.1 Å². The van der Waals surface area contributed by atoms with Crippen LogP contribution in [0, 0.1) is 24.3 Å². The molecule has 0 bridgehead atoms. The molecule has 1 aromatic carbocycles. The van der Waals surface area contributed by atoms with Gasteiger partial charge in [0.2, 0.25) is 0 Å². The number of benzene rings is 1. The van der Waals surface area contributed by atoms with Gasteiger partial charge in [-0.15, -0.1) is 24.3 Å². The molecule has 20 heavy (non-hydrogen) atoms. The smallest absolute Gasteiger partial charge is 0.308 e. The summed E-state index contributed by atoms with van der Waals surface area (Å²) in [7, 11) is 0. The molecule has 0 spiro atoms. The molecular formula is C16H14NO2Y-. The number of nitrogens with one attached hydrogen (secondary N) is 1. The van der Waals surface area contributed by atoms with Crippen LogP contribution < -0.4 is 10.1 Å². The van der Waals surface area contributed by atoms with E-state index in [-0.39, 0.29) is 44.6 Å². The van der Waals surface area contributed by atoms with Gasteiger partial charge in [0.15, 0.2) is 0 Å². The number of hydrogen-bond acceptors (Lipinski definition) is 3. The third kappa shape index (κ3) is 4.06. The number of carbonyl (C=O) groups is 1. The predicted octanol–water partition coefficient (Wildman–Crippen LogP) is 2.51. The van der Waals surface area contributed by atoms with Crippen LogP contribution in [0.2, 0.25) is 0 Å². The van der Waals surface area contributed by atoms with Crippen LogP contribution in [0.15, 0.2) is 36.5 Å². The van der Waals surface area contributed by atoms with E-state index in [0.29, 0.717) is 12.2 Å². The van der Waals surface area contributed by atoms with Gasteiger partial charge in [-0.2, -0.15) is 5.56 Å². The molecule has 0 saturated heterocycles. The molecule has 0 aliphatic carbocycles. The van der Waals surface area contributed by atoms with Crippen LogP contribution in [0.5, 0.6) is 5.75 Å². The minimum Gasteiger partial charge on any atom is -0.427 e. The van der Waals surface area contributed by atoms with Crippen molar-refractivity contribution < 1.29 is 42.2 Å². The second-order valence-electron chi connectivity index (χ2n) is 4.24. The Hall–Kier alpha value is -1.37. The maximum Gasteiger partial charge on any atom is 0.308 e. The Labute approximate surface area is 144 Å². The minimum absolute atomic E-state index is 0. The number of allylic oxidation sites excluding steroid dienone is 2. The fourth-order valence-electron chi connectivity index (χ4n) is 1.81. The molecule has 0 amide bonds.